The van der Waals surface area contributed by atoms with E-state index in [-0.39, 0.29) is 5.91 Å². The van der Waals surface area contributed by atoms with Crippen LogP contribution < -0.4 is 24.3 Å². The highest BCUT2D eigenvalue weighted by molar-refractivity contribution is 9.10. The Kier molecular flexibility index (Phi) is 6.91. The van der Waals surface area contributed by atoms with Crippen molar-refractivity contribution in [2.75, 3.05) is 33.8 Å². The van der Waals surface area contributed by atoms with Crippen LogP contribution in [0.15, 0.2) is 40.9 Å². The highest BCUT2D eigenvalue weighted by Gasteiger charge is 2.10. The lowest BCUT2D eigenvalue weighted by Gasteiger charge is -2.11. The quantitative estimate of drug-likeness (QED) is 0.680. The molecule has 26 heavy (non-hydrogen) atoms. The Hall–Kier alpha value is -2.67. The van der Waals surface area contributed by atoms with Gasteiger partial charge in [-0.05, 0) is 51.8 Å². The van der Waals surface area contributed by atoms with Crippen molar-refractivity contribution in [2.24, 2.45) is 0 Å². The average molecular weight is 422 g/mol. The van der Waals surface area contributed by atoms with Crippen LogP contribution in [0.5, 0.6) is 23.0 Å². The molecule has 2 aromatic rings. The van der Waals surface area contributed by atoms with Gasteiger partial charge in [0.1, 0.15) is 11.5 Å². The van der Waals surface area contributed by atoms with Crippen molar-refractivity contribution < 1.29 is 23.7 Å². The van der Waals surface area contributed by atoms with Crippen molar-refractivity contribution in [1.82, 2.24) is 0 Å². The van der Waals surface area contributed by atoms with E-state index in [9.17, 15) is 4.79 Å². The molecule has 2 rings (SSSR count). The minimum Gasteiger partial charge on any atom is -0.497 e. The lowest BCUT2D eigenvalue weighted by molar-refractivity contribution is -0.111. The molecule has 0 saturated heterocycles. The molecule has 0 unspecified atom stereocenters. The third-order valence-electron chi connectivity index (χ3n) is 3.55. The Morgan fingerprint density at radius 3 is 2.31 bits per heavy atom. The summed E-state index contributed by atoms with van der Waals surface area (Å²) in [7, 11) is 6.21. The summed E-state index contributed by atoms with van der Waals surface area (Å²) < 4.78 is 21.7. The Morgan fingerprint density at radius 1 is 0.962 bits per heavy atom. The Balaban J connectivity index is 2.16. The lowest BCUT2D eigenvalue weighted by Crippen LogP contribution is -2.09. The summed E-state index contributed by atoms with van der Waals surface area (Å²) in [6.45, 7) is 0. The molecule has 0 aliphatic rings. The Labute approximate surface area is 160 Å². The van der Waals surface area contributed by atoms with Crippen LogP contribution in [-0.4, -0.2) is 34.3 Å². The Morgan fingerprint density at radius 2 is 1.69 bits per heavy atom. The number of nitrogens with one attached hydrogen (secondary N) is 1. The van der Waals surface area contributed by atoms with E-state index in [1.165, 1.54) is 13.2 Å². The second-order valence-electron chi connectivity index (χ2n) is 5.13. The second kappa shape index (κ2) is 9.15. The Bertz CT molecular complexity index is 820. The number of ether oxygens (including phenoxy) is 4. The molecule has 2 aromatic carbocycles. The van der Waals surface area contributed by atoms with Crippen molar-refractivity contribution in [2.45, 2.75) is 0 Å². The zero-order chi connectivity index (χ0) is 19.1. The van der Waals surface area contributed by atoms with Gasteiger partial charge in [0, 0.05) is 12.1 Å². The summed E-state index contributed by atoms with van der Waals surface area (Å²) in [4.78, 5) is 12.2. The number of benzene rings is 2. The SMILES string of the molecule is COc1ccc(NC(=O)/C=C/c2cc(Br)c(OC)c(OC)c2)c(OC)c1. The molecule has 0 radical (unpaired) electrons. The zero-order valence-corrected chi connectivity index (χ0v) is 16.5. The highest BCUT2D eigenvalue weighted by Crippen LogP contribution is 2.36. The number of halogens is 1. The maximum Gasteiger partial charge on any atom is 0.248 e. The smallest absolute Gasteiger partial charge is 0.248 e. The number of carbonyl (C=O) groups excluding carboxylic acids is 1. The average Bonchev–Trinajstić information content (AvgIpc) is 2.66. The molecule has 138 valence electrons. The summed E-state index contributed by atoms with van der Waals surface area (Å²) in [5.41, 5.74) is 1.34. The molecular weight excluding hydrogens is 402 g/mol. The fraction of sp³-hybridized carbons (Fsp3) is 0.211. The summed E-state index contributed by atoms with van der Waals surface area (Å²) >= 11 is 3.42. The van der Waals surface area contributed by atoms with Crippen LogP contribution in [0.1, 0.15) is 5.56 Å². The van der Waals surface area contributed by atoms with E-state index in [2.05, 4.69) is 21.2 Å². The van der Waals surface area contributed by atoms with Crippen molar-refractivity contribution in [3.63, 3.8) is 0 Å². The first-order chi connectivity index (χ1) is 12.5. The van der Waals surface area contributed by atoms with Crippen LogP contribution >= 0.6 is 15.9 Å². The highest BCUT2D eigenvalue weighted by atomic mass is 79.9. The molecule has 0 spiro atoms. The molecule has 0 aliphatic heterocycles. The monoisotopic (exact) mass is 421 g/mol. The predicted molar refractivity (Wildman–Crippen MR) is 104 cm³/mol. The topological polar surface area (TPSA) is 66.0 Å². The molecule has 6 nitrogen and oxygen atoms in total. The number of hydrogen-bond acceptors (Lipinski definition) is 5. The summed E-state index contributed by atoms with van der Waals surface area (Å²) in [6, 6.07) is 8.77. The molecule has 1 N–H and O–H groups in total. The van der Waals surface area contributed by atoms with E-state index >= 15 is 0 Å². The molecule has 0 aliphatic carbocycles. The standard InChI is InChI=1S/C19H20BrNO5/c1-23-13-6-7-15(16(11-13)24-2)21-18(22)8-5-12-9-14(20)19(26-4)17(10-12)25-3/h5-11H,1-4H3,(H,21,22)/b8-5+. The predicted octanol–water partition coefficient (Wildman–Crippen LogP) is 4.14. The number of carbonyl (C=O) groups is 1. The largest absolute Gasteiger partial charge is 0.497 e. The van der Waals surface area contributed by atoms with Gasteiger partial charge in [-0.1, -0.05) is 0 Å². The number of rotatable bonds is 7. The van der Waals surface area contributed by atoms with Gasteiger partial charge in [-0.25, -0.2) is 0 Å². The number of anilines is 1. The van der Waals surface area contributed by atoms with E-state index in [4.69, 9.17) is 18.9 Å². The molecule has 0 heterocycles. The van der Waals surface area contributed by atoms with Gasteiger partial charge < -0.3 is 24.3 Å². The normalized spacial score (nSPS) is 10.5. The first-order valence-corrected chi connectivity index (χ1v) is 8.44. The number of methoxy groups -OCH3 is 4. The molecule has 0 saturated carbocycles. The van der Waals surface area contributed by atoms with Gasteiger partial charge in [0.15, 0.2) is 11.5 Å². The molecule has 1 amide bonds. The van der Waals surface area contributed by atoms with Crippen LogP contribution in [0.25, 0.3) is 6.08 Å². The molecule has 0 atom stereocenters. The van der Waals surface area contributed by atoms with E-state index in [1.54, 1.807) is 51.7 Å². The fourth-order valence-corrected chi connectivity index (χ4v) is 2.90. The second-order valence-corrected chi connectivity index (χ2v) is 5.98. The maximum atomic E-state index is 12.2. The minimum atomic E-state index is -0.292. The maximum absolute atomic E-state index is 12.2. The first-order valence-electron chi connectivity index (χ1n) is 7.65. The molecule has 7 heteroatoms. The zero-order valence-electron chi connectivity index (χ0n) is 15.0. The van der Waals surface area contributed by atoms with E-state index in [0.29, 0.717) is 28.7 Å². The number of amides is 1. The lowest BCUT2D eigenvalue weighted by atomic mass is 10.2. The van der Waals surface area contributed by atoms with Gasteiger partial charge in [0.25, 0.3) is 0 Å². The van der Waals surface area contributed by atoms with Gasteiger partial charge in [0.05, 0.1) is 38.6 Å². The van der Waals surface area contributed by atoms with Gasteiger partial charge in [0.2, 0.25) is 5.91 Å². The van der Waals surface area contributed by atoms with Crippen LogP contribution in [0.2, 0.25) is 0 Å². The molecular formula is C19H20BrNO5. The molecule has 0 bridgehead atoms. The summed E-state index contributed by atoms with van der Waals surface area (Å²) in [5.74, 6) is 2.03. The summed E-state index contributed by atoms with van der Waals surface area (Å²) in [5, 5.41) is 2.77. The van der Waals surface area contributed by atoms with Gasteiger partial charge in [-0.2, -0.15) is 0 Å². The van der Waals surface area contributed by atoms with Crippen LogP contribution in [-0.2, 0) is 4.79 Å². The van der Waals surface area contributed by atoms with E-state index < -0.39 is 0 Å². The van der Waals surface area contributed by atoms with Crippen LogP contribution in [0.4, 0.5) is 5.69 Å². The first kappa shape index (κ1) is 19.7. The summed E-state index contributed by atoms with van der Waals surface area (Å²) in [6.07, 6.45) is 3.11. The molecule has 0 aromatic heterocycles. The van der Waals surface area contributed by atoms with Gasteiger partial charge >= 0.3 is 0 Å². The third kappa shape index (κ3) is 4.70. The number of hydrogen-bond donors (Lipinski definition) is 1. The fourth-order valence-electron chi connectivity index (χ4n) is 2.28. The minimum absolute atomic E-state index is 0.292. The van der Waals surface area contributed by atoms with Crippen molar-refractivity contribution >= 4 is 33.6 Å². The van der Waals surface area contributed by atoms with Crippen LogP contribution in [0.3, 0.4) is 0 Å². The van der Waals surface area contributed by atoms with Crippen LogP contribution in [0, 0.1) is 0 Å². The third-order valence-corrected chi connectivity index (χ3v) is 4.14. The van der Waals surface area contributed by atoms with E-state index in [1.807, 2.05) is 6.07 Å². The van der Waals surface area contributed by atoms with Crippen molar-refractivity contribution in [3.05, 3.63) is 46.4 Å². The van der Waals surface area contributed by atoms with Gasteiger partial charge in [-0.3, -0.25) is 4.79 Å². The molecule has 0 fully saturated rings. The van der Waals surface area contributed by atoms with Crippen molar-refractivity contribution in [1.29, 1.82) is 0 Å². The van der Waals surface area contributed by atoms with E-state index in [0.717, 1.165) is 10.0 Å². The van der Waals surface area contributed by atoms with Crippen molar-refractivity contribution in [3.8, 4) is 23.0 Å². The van der Waals surface area contributed by atoms with Gasteiger partial charge in [-0.15, -0.1) is 0 Å².